The molecular weight excluding hydrogens is 568 g/mol. The molecule has 0 saturated heterocycles. The van der Waals surface area contributed by atoms with Crippen molar-refractivity contribution in [3.63, 3.8) is 0 Å². The number of aliphatic hydroxyl groups is 2. The summed E-state index contributed by atoms with van der Waals surface area (Å²) in [4.78, 5) is 44.9. The Morgan fingerprint density at radius 2 is 0.786 bits per heavy atom. The van der Waals surface area contributed by atoms with Crippen LogP contribution in [-0.4, -0.2) is 151 Å². The van der Waals surface area contributed by atoms with Crippen LogP contribution in [0, 0.1) is 0 Å². The Morgan fingerprint density at radius 3 is 1.17 bits per heavy atom. The zero-order valence-electron chi connectivity index (χ0n) is 24.8. The van der Waals surface area contributed by atoms with Crippen molar-refractivity contribution in [2.24, 2.45) is 0 Å². The van der Waals surface area contributed by atoms with E-state index in [1.165, 1.54) is 27.7 Å². The maximum absolute atomic E-state index is 11.3. The predicted octanol–water partition coefficient (Wildman–Crippen LogP) is -1.20. The summed E-state index contributed by atoms with van der Waals surface area (Å²) >= 11 is 0. The van der Waals surface area contributed by atoms with E-state index in [0.717, 1.165) is 0 Å². The quantitative estimate of drug-likeness (QED) is 0.0634. The van der Waals surface area contributed by atoms with E-state index < -0.39 is 48.3 Å². The molecule has 0 aromatic carbocycles. The fourth-order valence-electron chi connectivity index (χ4n) is 3.34. The van der Waals surface area contributed by atoms with Crippen LogP contribution in [0.25, 0.3) is 0 Å². The van der Waals surface area contributed by atoms with Crippen LogP contribution < -0.4 is 0 Å². The minimum atomic E-state index is -1.02. The molecule has 0 radical (unpaired) electrons. The number of ether oxygens (including phenoxy) is 10. The number of hydrogen-bond acceptors (Lipinski definition) is 16. The molecule has 0 fully saturated rings. The molecule has 0 saturated carbocycles. The van der Waals surface area contributed by atoms with E-state index in [2.05, 4.69) is 0 Å². The second-order valence-corrected chi connectivity index (χ2v) is 8.45. The number of hydrogen-bond donors (Lipinski definition) is 2. The van der Waals surface area contributed by atoms with Crippen molar-refractivity contribution in [1.82, 2.24) is 0 Å². The van der Waals surface area contributed by atoms with Crippen LogP contribution in [0.5, 0.6) is 0 Å². The van der Waals surface area contributed by atoms with Gasteiger partial charge in [0.2, 0.25) is 0 Å². The first-order valence-electron chi connectivity index (χ1n) is 13.5. The number of aliphatic hydroxyl groups excluding tert-OH is 2. The van der Waals surface area contributed by atoms with Crippen LogP contribution in [0.1, 0.15) is 27.7 Å². The second kappa shape index (κ2) is 26.2. The van der Waals surface area contributed by atoms with Gasteiger partial charge in [-0.15, -0.1) is 0 Å². The topological polar surface area (TPSA) is 201 Å². The molecule has 0 spiro atoms. The molecular formula is C26H46O16. The highest BCUT2D eigenvalue weighted by atomic mass is 16.6. The molecule has 246 valence electrons. The second-order valence-electron chi connectivity index (χ2n) is 8.45. The third kappa shape index (κ3) is 22.2. The number of carbonyl (C=O) groups excluding carboxylic acids is 4. The molecule has 16 heteroatoms. The van der Waals surface area contributed by atoms with E-state index >= 15 is 0 Å². The van der Waals surface area contributed by atoms with Crippen molar-refractivity contribution in [2.75, 3.05) is 92.5 Å². The van der Waals surface area contributed by atoms with Gasteiger partial charge in [-0.25, -0.2) is 0 Å². The Labute approximate surface area is 245 Å². The Kier molecular flexibility index (Phi) is 24.7. The minimum absolute atomic E-state index is 0.0152. The summed E-state index contributed by atoms with van der Waals surface area (Å²) in [5, 5.41) is 18.6. The first-order chi connectivity index (χ1) is 20.1. The van der Waals surface area contributed by atoms with Gasteiger partial charge in [0.25, 0.3) is 0 Å². The Bertz CT molecular complexity index is 733. The summed E-state index contributed by atoms with van der Waals surface area (Å²) in [7, 11) is 0. The Hall–Kier alpha value is -2.44. The van der Waals surface area contributed by atoms with Gasteiger partial charge in [-0.1, -0.05) is 0 Å². The monoisotopic (exact) mass is 614 g/mol. The predicted molar refractivity (Wildman–Crippen MR) is 141 cm³/mol. The van der Waals surface area contributed by atoms with Crippen molar-refractivity contribution < 1.29 is 76.8 Å². The molecule has 0 aliphatic heterocycles. The third-order valence-corrected chi connectivity index (χ3v) is 4.93. The number of rotatable bonds is 27. The van der Waals surface area contributed by atoms with Gasteiger partial charge in [-0.2, -0.15) is 0 Å². The zero-order valence-corrected chi connectivity index (χ0v) is 24.8. The minimum Gasteiger partial charge on any atom is -0.463 e. The maximum atomic E-state index is 11.3. The van der Waals surface area contributed by atoms with Gasteiger partial charge in [0.1, 0.15) is 50.8 Å². The number of esters is 4. The smallest absolute Gasteiger partial charge is 0.302 e. The molecule has 42 heavy (non-hydrogen) atoms. The molecule has 0 aromatic heterocycles. The van der Waals surface area contributed by atoms with E-state index in [0.29, 0.717) is 0 Å². The molecule has 0 aliphatic carbocycles. The molecule has 4 atom stereocenters. The van der Waals surface area contributed by atoms with Gasteiger partial charge in [-0.05, 0) is 0 Å². The van der Waals surface area contributed by atoms with E-state index in [1.54, 1.807) is 0 Å². The van der Waals surface area contributed by atoms with E-state index in [-0.39, 0.29) is 92.5 Å². The van der Waals surface area contributed by atoms with Gasteiger partial charge >= 0.3 is 23.9 Å². The summed E-state index contributed by atoms with van der Waals surface area (Å²) < 4.78 is 54.9. The average Bonchev–Trinajstić information content (AvgIpc) is 2.92. The van der Waals surface area contributed by atoms with Crippen molar-refractivity contribution in [2.45, 2.75) is 52.1 Å². The summed E-state index contributed by atoms with van der Waals surface area (Å²) in [6.45, 7) is 3.52. The maximum Gasteiger partial charge on any atom is 0.302 e. The highest BCUT2D eigenvalue weighted by molar-refractivity contribution is 5.66. The van der Waals surface area contributed by atoms with E-state index in [4.69, 9.17) is 47.4 Å². The fourth-order valence-corrected chi connectivity index (χ4v) is 3.34. The molecule has 0 aliphatic rings. The average molecular weight is 615 g/mol. The lowest BCUT2D eigenvalue weighted by Gasteiger charge is -2.37. The van der Waals surface area contributed by atoms with E-state index in [9.17, 15) is 29.4 Å². The van der Waals surface area contributed by atoms with Gasteiger partial charge < -0.3 is 57.6 Å². The zero-order chi connectivity index (χ0) is 31.6. The van der Waals surface area contributed by atoms with E-state index in [1.807, 2.05) is 0 Å². The summed E-state index contributed by atoms with van der Waals surface area (Å²) in [5.41, 5.74) is 0. The number of carbonyl (C=O) groups is 4. The SMILES string of the molecule is CC(=O)OCCOCC(OCCOC(C)=O)C(OCCOC(C)=O)C(OCCOC(C)=O)C(COCCO)OCCO. The highest BCUT2D eigenvalue weighted by Gasteiger charge is 2.39. The molecule has 0 heterocycles. The molecule has 4 unspecified atom stereocenters. The van der Waals surface area contributed by atoms with Gasteiger partial charge in [-0.3, -0.25) is 19.2 Å². The van der Waals surface area contributed by atoms with Crippen LogP contribution in [-0.2, 0) is 66.5 Å². The lowest BCUT2D eigenvalue weighted by atomic mass is 10.0. The first kappa shape index (κ1) is 39.6. The van der Waals surface area contributed by atoms with Crippen LogP contribution in [0.15, 0.2) is 0 Å². The first-order valence-corrected chi connectivity index (χ1v) is 13.5. The largest absolute Gasteiger partial charge is 0.463 e. The molecule has 16 nitrogen and oxygen atoms in total. The molecule has 0 bridgehead atoms. The lowest BCUT2D eigenvalue weighted by molar-refractivity contribution is -0.206. The van der Waals surface area contributed by atoms with Gasteiger partial charge in [0, 0.05) is 27.7 Å². The summed E-state index contributed by atoms with van der Waals surface area (Å²) in [6, 6.07) is 0. The van der Waals surface area contributed by atoms with Crippen molar-refractivity contribution >= 4 is 23.9 Å². The molecule has 0 aromatic rings. The van der Waals surface area contributed by atoms with Crippen LogP contribution in [0.2, 0.25) is 0 Å². The van der Waals surface area contributed by atoms with Gasteiger partial charge in [0.05, 0.1) is 66.1 Å². The fraction of sp³-hybridized carbons (Fsp3) is 0.846. The third-order valence-electron chi connectivity index (χ3n) is 4.93. The Balaban J connectivity index is 6.15. The van der Waals surface area contributed by atoms with Crippen LogP contribution in [0.4, 0.5) is 0 Å². The van der Waals surface area contributed by atoms with Gasteiger partial charge in [0.15, 0.2) is 0 Å². The standard InChI is InChI=1S/C26H46O16/c1-19(29)35-10-9-34-18-24(40-14-11-36-20(2)30)26(42-16-13-38-22(4)32)25(41-15-12-37-21(3)31)23(39-8-6-28)17-33-7-5-27/h23-28H,5-18H2,1-4H3. The Morgan fingerprint density at radius 1 is 0.452 bits per heavy atom. The van der Waals surface area contributed by atoms with Crippen molar-refractivity contribution in [3.05, 3.63) is 0 Å². The summed E-state index contributed by atoms with van der Waals surface area (Å²) in [5.74, 6) is -2.02. The van der Waals surface area contributed by atoms with Crippen LogP contribution >= 0.6 is 0 Å². The molecule has 0 amide bonds. The van der Waals surface area contributed by atoms with Crippen molar-refractivity contribution in [1.29, 1.82) is 0 Å². The van der Waals surface area contributed by atoms with Crippen molar-refractivity contribution in [3.8, 4) is 0 Å². The lowest BCUT2D eigenvalue weighted by Crippen LogP contribution is -2.53. The van der Waals surface area contributed by atoms with Crippen LogP contribution in [0.3, 0.4) is 0 Å². The highest BCUT2D eigenvalue weighted by Crippen LogP contribution is 2.20. The summed E-state index contributed by atoms with van der Waals surface area (Å²) in [6.07, 6.45) is -3.86. The molecule has 0 rings (SSSR count). The molecule has 2 N–H and O–H groups in total. The normalized spacial score (nSPS) is 14.0.